The molecule has 2 amide bonds. The van der Waals surface area contributed by atoms with Crippen LogP contribution in [0.2, 0.25) is 0 Å². The van der Waals surface area contributed by atoms with Gasteiger partial charge in [-0.3, -0.25) is 19.2 Å². The maximum Gasteiger partial charge on any atom is 0.303 e. The minimum atomic E-state index is -3.85. The molecule has 0 saturated carbocycles. The van der Waals surface area contributed by atoms with Crippen LogP contribution in [-0.4, -0.2) is 101 Å². The zero-order valence-corrected chi connectivity index (χ0v) is 23.0. The number of hydrogen-bond acceptors (Lipinski definition) is 6. The van der Waals surface area contributed by atoms with Crippen LogP contribution in [0.1, 0.15) is 25.7 Å². The summed E-state index contributed by atoms with van der Waals surface area (Å²) in [6.07, 6.45) is -1.02. The predicted molar refractivity (Wildman–Crippen MR) is 121 cm³/mol. The first kappa shape index (κ1) is 31.3. The van der Waals surface area contributed by atoms with Crippen LogP contribution in [0.4, 0.5) is 11.4 Å². The van der Waals surface area contributed by atoms with Gasteiger partial charge in [-0.05, 0) is 48.5 Å². The summed E-state index contributed by atoms with van der Waals surface area (Å²) >= 11 is 0. The van der Waals surface area contributed by atoms with Crippen molar-refractivity contribution in [2.45, 2.75) is 35.5 Å². The molecule has 0 fully saturated rings. The summed E-state index contributed by atoms with van der Waals surface area (Å²) in [6.45, 7) is 0. The molecule has 0 saturated heterocycles. The number of carbonyl (C=O) groups excluding carboxylic acids is 2. The van der Waals surface area contributed by atoms with E-state index in [2.05, 4.69) is 10.6 Å². The first-order chi connectivity index (χ1) is 14.6. The number of amides is 2. The van der Waals surface area contributed by atoms with E-state index in [1.807, 2.05) is 0 Å². The first-order valence-electron chi connectivity index (χ1n) is 9.06. The fourth-order valence-corrected chi connectivity index (χ4v) is 3.72. The van der Waals surface area contributed by atoms with Crippen LogP contribution in [0, 0.1) is 0 Å². The Morgan fingerprint density at radius 1 is 0.606 bits per heavy atom. The Balaban J connectivity index is 0.00000512. The number of carboxylic acid groups (broad SMARTS) is 2. The van der Waals surface area contributed by atoms with Gasteiger partial charge in [0.25, 0.3) is 0 Å². The minimum Gasteiger partial charge on any atom is -0.481 e. The number of nitrogens with one attached hydrogen (secondary N) is 2. The number of aliphatic carboxylic acids is 2. The molecule has 2 radical (unpaired) electrons. The van der Waals surface area contributed by atoms with Gasteiger partial charge in [0.1, 0.15) is 0 Å². The van der Waals surface area contributed by atoms with E-state index >= 15 is 0 Å². The summed E-state index contributed by atoms with van der Waals surface area (Å²) in [6, 6.07) is 10.8. The third kappa shape index (κ3) is 10.4. The van der Waals surface area contributed by atoms with Crippen molar-refractivity contribution in [2.24, 2.45) is 0 Å². The number of sulfone groups is 1. The van der Waals surface area contributed by atoms with Crippen LogP contribution in [0.3, 0.4) is 0 Å². The molecule has 2 rings (SSSR count). The summed E-state index contributed by atoms with van der Waals surface area (Å²) in [5, 5.41) is 22.1. The Bertz CT molecular complexity index is 1010. The molecular weight excluding hydrogens is 474 g/mol. The van der Waals surface area contributed by atoms with Gasteiger partial charge in [0.15, 0.2) is 0 Å². The van der Waals surface area contributed by atoms with Crippen molar-refractivity contribution in [3.63, 3.8) is 0 Å². The molecule has 0 aliphatic heterocycles. The van der Waals surface area contributed by atoms with Crippen LogP contribution in [0.15, 0.2) is 58.3 Å². The van der Waals surface area contributed by atoms with Crippen molar-refractivity contribution >= 4 is 104 Å². The summed E-state index contributed by atoms with van der Waals surface area (Å²) in [5.74, 6) is -3.19. The van der Waals surface area contributed by atoms with E-state index in [0.717, 1.165) is 0 Å². The maximum atomic E-state index is 12.8. The molecule has 0 aliphatic carbocycles. The molecule has 2 aromatic carbocycles. The Labute approximate surface area is 234 Å². The summed E-state index contributed by atoms with van der Waals surface area (Å²) in [5.41, 5.74) is 0.655. The van der Waals surface area contributed by atoms with Crippen molar-refractivity contribution < 1.29 is 37.8 Å². The standard InChI is InChI=1S/C20H20N2O8S.2Na/c23-17(9-11-19(25)26)21-13-1-5-15(6-2-13)31(29,30)16-7-3-14(4-8-16)22-18(24)10-12-20(27)28;;/h1-8H,9-12H2,(H,21,23)(H,22,24)(H,25,26)(H,27,28);;. The zero-order valence-electron chi connectivity index (χ0n) is 18.2. The maximum absolute atomic E-state index is 12.8. The van der Waals surface area contributed by atoms with E-state index in [1.54, 1.807) is 0 Å². The molecule has 0 unspecified atom stereocenters. The second kappa shape index (κ2) is 14.5. The summed E-state index contributed by atoms with van der Waals surface area (Å²) in [4.78, 5) is 44.2. The monoisotopic (exact) mass is 494 g/mol. The molecule has 4 N–H and O–H groups in total. The van der Waals surface area contributed by atoms with E-state index in [0.29, 0.717) is 11.4 Å². The average molecular weight is 494 g/mol. The predicted octanol–water partition coefficient (Wildman–Crippen LogP) is 1.36. The van der Waals surface area contributed by atoms with Crippen LogP contribution >= 0.6 is 0 Å². The van der Waals surface area contributed by atoms with Crippen molar-refractivity contribution in [1.82, 2.24) is 0 Å². The van der Waals surface area contributed by atoms with Crippen molar-refractivity contribution in [1.29, 1.82) is 0 Å². The molecule has 2 aromatic rings. The number of carbonyl (C=O) groups is 4. The van der Waals surface area contributed by atoms with Crippen LogP contribution in [0.25, 0.3) is 0 Å². The number of rotatable bonds is 10. The molecule has 10 nitrogen and oxygen atoms in total. The topological polar surface area (TPSA) is 167 Å². The largest absolute Gasteiger partial charge is 0.481 e. The summed E-state index contributed by atoms with van der Waals surface area (Å²) in [7, 11) is -3.85. The van der Waals surface area contributed by atoms with Gasteiger partial charge >= 0.3 is 11.9 Å². The van der Waals surface area contributed by atoms with Gasteiger partial charge in [-0.2, -0.15) is 0 Å². The van der Waals surface area contributed by atoms with Gasteiger partial charge in [0.05, 0.1) is 22.6 Å². The van der Waals surface area contributed by atoms with Gasteiger partial charge in [-0.1, -0.05) is 0 Å². The van der Waals surface area contributed by atoms with E-state index in [-0.39, 0.29) is 94.6 Å². The number of hydrogen-bond donors (Lipinski definition) is 4. The molecular formula is C20H20N2Na2O8S. The SMILES string of the molecule is O=C(O)CCC(=O)Nc1ccc(S(=O)(=O)c2ccc(NC(=O)CCC(=O)O)cc2)cc1.[Na].[Na]. The van der Waals surface area contributed by atoms with Gasteiger partial charge in [0.2, 0.25) is 21.7 Å². The second-order valence-corrected chi connectivity index (χ2v) is 8.39. The molecule has 0 aromatic heterocycles. The van der Waals surface area contributed by atoms with Gasteiger partial charge in [-0.25, -0.2) is 8.42 Å². The summed E-state index contributed by atoms with van der Waals surface area (Å²) < 4.78 is 25.5. The van der Waals surface area contributed by atoms with E-state index in [4.69, 9.17) is 10.2 Å². The molecule has 33 heavy (non-hydrogen) atoms. The Morgan fingerprint density at radius 3 is 1.18 bits per heavy atom. The fourth-order valence-electron chi connectivity index (χ4n) is 2.46. The molecule has 0 spiro atoms. The van der Waals surface area contributed by atoms with Crippen LogP contribution in [-0.2, 0) is 29.0 Å². The van der Waals surface area contributed by atoms with Gasteiger partial charge in [0, 0.05) is 83.3 Å². The van der Waals surface area contributed by atoms with Crippen molar-refractivity contribution in [3.8, 4) is 0 Å². The van der Waals surface area contributed by atoms with E-state index < -0.39 is 33.6 Å². The van der Waals surface area contributed by atoms with Crippen molar-refractivity contribution in [2.75, 3.05) is 10.6 Å². The number of anilines is 2. The zero-order chi connectivity index (χ0) is 23.0. The third-order valence-electron chi connectivity index (χ3n) is 4.03. The molecule has 0 bridgehead atoms. The molecule has 0 atom stereocenters. The van der Waals surface area contributed by atoms with Crippen LogP contribution < -0.4 is 10.6 Å². The Kier molecular flexibility index (Phi) is 13.8. The smallest absolute Gasteiger partial charge is 0.303 e. The number of benzene rings is 2. The molecule has 13 heteroatoms. The van der Waals surface area contributed by atoms with Crippen molar-refractivity contribution in [3.05, 3.63) is 48.5 Å². The molecule has 0 aliphatic rings. The normalized spacial score (nSPS) is 10.2. The third-order valence-corrected chi connectivity index (χ3v) is 5.81. The van der Waals surface area contributed by atoms with Gasteiger partial charge < -0.3 is 20.8 Å². The molecule has 0 heterocycles. The molecule has 166 valence electrons. The quantitative estimate of drug-likeness (QED) is 0.359. The first-order valence-corrected chi connectivity index (χ1v) is 10.5. The van der Waals surface area contributed by atoms with Gasteiger partial charge in [-0.15, -0.1) is 0 Å². The Hall–Kier alpha value is -1.73. The van der Waals surface area contributed by atoms with Crippen LogP contribution in [0.5, 0.6) is 0 Å². The van der Waals surface area contributed by atoms with E-state index in [9.17, 15) is 27.6 Å². The fraction of sp³-hybridized carbons (Fsp3) is 0.200. The average Bonchev–Trinajstić information content (AvgIpc) is 2.71. The van der Waals surface area contributed by atoms with E-state index in [1.165, 1.54) is 48.5 Å². The number of carboxylic acids is 2. The minimum absolute atomic E-state index is 0. The second-order valence-electron chi connectivity index (χ2n) is 6.44. The Morgan fingerprint density at radius 2 is 0.909 bits per heavy atom.